The molecule has 0 atom stereocenters. The lowest BCUT2D eigenvalue weighted by atomic mass is 10.2. The van der Waals surface area contributed by atoms with Crippen LogP contribution in [0.3, 0.4) is 0 Å². The molecule has 24 heavy (non-hydrogen) atoms. The van der Waals surface area contributed by atoms with E-state index in [1.165, 1.54) is 4.57 Å². The van der Waals surface area contributed by atoms with Gasteiger partial charge in [-0.25, -0.2) is 10.2 Å². The third kappa shape index (κ3) is 2.76. The largest absolute Gasteiger partial charge is 0.329 e. The number of nitrogens with one attached hydrogen (secondary N) is 2. The molecule has 0 bridgehead atoms. The van der Waals surface area contributed by atoms with Crippen LogP contribution in [0.5, 0.6) is 0 Å². The van der Waals surface area contributed by atoms with Gasteiger partial charge >= 0.3 is 5.69 Å². The quantitative estimate of drug-likeness (QED) is 0.416. The van der Waals surface area contributed by atoms with Crippen molar-refractivity contribution >= 4 is 23.3 Å². The highest BCUT2D eigenvalue weighted by molar-refractivity contribution is 5.80. The van der Waals surface area contributed by atoms with Crippen molar-refractivity contribution in [2.24, 2.45) is 12.1 Å². The second kappa shape index (κ2) is 6.37. The van der Waals surface area contributed by atoms with Gasteiger partial charge in [-0.2, -0.15) is 10.1 Å². The average Bonchev–Trinajstić information content (AvgIpc) is 2.93. The maximum atomic E-state index is 12.1. The fourth-order valence-electron chi connectivity index (χ4n) is 2.33. The smallest absolute Gasteiger partial charge is 0.299 e. The molecular weight excluding hydrogens is 308 g/mol. The van der Waals surface area contributed by atoms with Crippen molar-refractivity contribution in [1.82, 2.24) is 19.1 Å². The van der Waals surface area contributed by atoms with Crippen LogP contribution in [-0.4, -0.2) is 25.3 Å². The number of aromatic amines is 1. The SMILES string of the molecule is C=CCn1c(N/N=C\c2ccccc2)nc2c1c(=O)[nH]c(=O)n2C. The Morgan fingerprint density at radius 3 is 2.79 bits per heavy atom. The number of fused-ring (bicyclic) bond motifs is 1. The fourth-order valence-corrected chi connectivity index (χ4v) is 2.33. The number of anilines is 1. The molecule has 1 aromatic carbocycles. The summed E-state index contributed by atoms with van der Waals surface area (Å²) in [6.45, 7) is 4.03. The highest BCUT2D eigenvalue weighted by Gasteiger charge is 2.16. The number of aromatic nitrogens is 4. The van der Waals surface area contributed by atoms with Gasteiger partial charge in [0.25, 0.3) is 5.56 Å². The first-order valence-corrected chi connectivity index (χ1v) is 7.26. The van der Waals surface area contributed by atoms with Gasteiger partial charge in [-0.05, 0) is 5.56 Å². The minimum absolute atomic E-state index is 0.281. The van der Waals surface area contributed by atoms with Crippen molar-refractivity contribution < 1.29 is 0 Å². The van der Waals surface area contributed by atoms with Crippen molar-refractivity contribution in [2.75, 3.05) is 5.43 Å². The Hall–Kier alpha value is -3.42. The normalized spacial score (nSPS) is 11.2. The topological polar surface area (TPSA) is 97.1 Å². The van der Waals surface area contributed by atoms with Crippen LogP contribution >= 0.6 is 0 Å². The van der Waals surface area contributed by atoms with Crippen LogP contribution < -0.4 is 16.7 Å². The number of hydrogen-bond acceptors (Lipinski definition) is 5. The average molecular weight is 324 g/mol. The molecule has 2 aromatic heterocycles. The highest BCUT2D eigenvalue weighted by atomic mass is 16.2. The third-order valence-corrected chi connectivity index (χ3v) is 3.50. The monoisotopic (exact) mass is 324 g/mol. The van der Waals surface area contributed by atoms with Gasteiger partial charge < -0.3 is 0 Å². The Balaban J connectivity index is 2.05. The number of hydrazone groups is 1. The third-order valence-electron chi connectivity index (χ3n) is 3.50. The van der Waals surface area contributed by atoms with Crippen molar-refractivity contribution in [1.29, 1.82) is 0 Å². The second-order valence-electron chi connectivity index (χ2n) is 5.11. The summed E-state index contributed by atoms with van der Waals surface area (Å²) in [5, 5.41) is 4.14. The van der Waals surface area contributed by atoms with Gasteiger partial charge in [0.05, 0.1) is 6.21 Å². The number of nitrogens with zero attached hydrogens (tertiary/aromatic N) is 4. The van der Waals surface area contributed by atoms with Crippen LogP contribution in [0, 0.1) is 0 Å². The first kappa shape index (κ1) is 15.5. The Kier molecular flexibility index (Phi) is 4.11. The van der Waals surface area contributed by atoms with Gasteiger partial charge in [-0.15, -0.1) is 6.58 Å². The molecule has 8 nitrogen and oxygen atoms in total. The molecule has 122 valence electrons. The minimum atomic E-state index is -0.518. The molecule has 0 unspecified atom stereocenters. The van der Waals surface area contributed by atoms with E-state index in [2.05, 4.69) is 27.1 Å². The predicted molar refractivity (Wildman–Crippen MR) is 93.5 cm³/mol. The Labute approximate surface area is 136 Å². The summed E-state index contributed by atoms with van der Waals surface area (Å²) in [6, 6.07) is 9.55. The number of aryl methyl sites for hydroxylation is 1. The molecular formula is C16H16N6O2. The lowest BCUT2D eigenvalue weighted by Crippen LogP contribution is -2.29. The number of rotatable bonds is 5. The molecule has 0 amide bonds. The Bertz CT molecular complexity index is 1030. The molecule has 3 rings (SSSR count). The zero-order valence-electron chi connectivity index (χ0n) is 13.1. The molecule has 0 aliphatic carbocycles. The lowest BCUT2D eigenvalue weighted by Gasteiger charge is -2.04. The second-order valence-corrected chi connectivity index (χ2v) is 5.11. The van der Waals surface area contributed by atoms with Crippen LogP contribution in [0.25, 0.3) is 11.2 Å². The predicted octanol–water partition coefficient (Wildman–Crippen LogP) is 1.06. The van der Waals surface area contributed by atoms with Crippen molar-refractivity contribution in [2.45, 2.75) is 6.54 Å². The first-order valence-electron chi connectivity index (χ1n) is 7.26. The number of allylic oxidation sites excluding steroid dienone is 1. The van der Waals surface area contributed by atoms with E-state index in [-0.39, 0.29) is 11.2 Å². The molecule has 0 aliphatic rings. The lowest BCUT2D eigenvalue weighted by molar-refractivity contribution is 0.819. The van der Waals surface area contributed by atoms with Crippen molar-refractivity contribution in [3.8, 4) is 0 Å². The van der Waals surface area contributed by atoms with Crippen molar-refractivity contribution in [3.05, 3.63) is 69.4 Å². The van der Waals surface area contributed by atoms with Crippen LogP contribution in [-0.2, 0) is 13.6 Å². The standard InChI is InChI=1S/C16H16N6O2/c1-3-9-22-12-13(21(2)16(24)19-14(12)23)18-15(22)20-17-10-11-7-5-4-6-8-11/h3-8,10H,1,9H2,2H3,(H,18,20)(H,19,23,24)/b17-10-. The number of hydrogen-bond donors (Lipinski definition) is 2. The molecule has 2 N–H and O–H groups in total. The summed E-state index contributed by atoms with van der Waals surface area (Å²) in [5.74, 6) is 0.351. The van der Waals surface area contributed by atoms with E-state index in [0.29, 0.717) is 12.5 Å². The van der Waals surface area contributed by atoms with Gasteiger partial charge in [0.2, 0.25) is 5.95 Å². The summed E-state index contributed by atoms with van der Waals surface area (Å²) in [5.41, 5.74) is 3.28. The van der Waals surface area contributed by atoms with Gasteiger partial charge in [-0.3, -0.25) is 18.9 Å². The van der Waals surface area contributed by atoms with Gasteiger partial charge in [-0.1, -0.05) is 36.4 Å². The summed E-state index contributed by atoms with van der Waals surface area (Å²) >= 11 is 0. The van der Waals surface area contributed by atoms with E-state index in [1.807, 2.05) is 30.3 Å². The molecule has 0 saturated carbocycles. The molecule has 0 radical (unpaired) electrons. The van der Waals surface area contributed by atoms with E-state index >= 15 is 0 Å². The molecule has 8 heteroatoms. The summed E-state index contributed by atoms with van der Waals surface area (Å²) in [6.07, 6.45) is 3.28. The zero-order valence-corrected chi connectivity index (χ0v) is 13.1. The van der Waals surface area contributed by atoms with E-state index in [1.54, 1.807) is 23.9 Å². The van der Waals surface area contributed by atoms with E-state index < -0.39 is 11.2 Å². The maximum Gasteiger partial charge on any atom is 0.329 e. The van der Waals surface area contributed by atoms with Crippen LogP contribution in [0.15, 0.2) is 57.7 Å². The molecule has 3 aromatic rings. The minimum Gasteiger partial charge on any atom is -0.299 e. The molecule has 0 saturated heterocycles. The summed E-state index contributed by atoms with van der Waals surface area (Å²) in [4.78, 5) is 30.4. The fraction of sp³-hybridized carbons (Fsp3) is 0.125. The van der Waals surface area contributed by atoms with Crippen LogP contribution in [0.1, 0.15) is 5.56 Å². The van der Waals surface area contributed by atoms with Gasteiger partial charge in [0, 0.05) is 13.6 Å². The molecule has 2 heterocycles. The number of benzene rings is 1. The van der Waals surface area contributed by atoms with Crippen molar-refractivity contribution in [3.63, 3.8) is 0 Å². The van der Waals surface area contributed by atoms with Gasteiger partial charge in [0.1, 0.15) is 0 Å². The van der Waals surface area contributed by atoms with E-state index in [9.17, 15) is 9.59 Å². The Morgan fingerprint density at radius 1 is 1.33 bits per heavy atom. The highest BCUT2D eigenvalue weighted by Crippen LogP contribution is 2.15. The van der Waals surface area contributed by atoms with E-state index in [0.717, 1.165) is 5.56 Å². The number of imidazole rings is 1. The van der Waals surface area contributed by atoms with E-state index in [4.69, 9.17) is 0 Å². The zero-order chi connectivity index (χ0) is 17.1. The number of H-pyrrole nitrogens is 1. The van der Waals surface area contributed by atoms with Gasteiger partial charge in [0.15, 0.2) is 11.2 Å². The molecule has 0 spiro atoms. The van der Waals surface area contributed by atoms with Crippen LogP contribution in [0.4, 0.5) is 5.95 Å². The molecule has 0 fully saturated rings. The Morgan fingerprint density at radius 2 is 2.08 bits per heavy atom. The van der Waals surface area contributed by atoms with Crippen LogP contribution in [0.2, 0.25) is 0 Å². The maximum absolute atomic E-state index is 12.1. The summed E-state index contributed by atoms with van der Waals surface area (Å²) < 4.78 is 2.89. The first-order chi connectivity index (χ1) is 11.6. The summed E-state index contributed by atoms with van der Waals surface area (Å²) in [7, 11) is 1.54. The molecule has 0 aliphatic heterocycles.